The average Bonchev–Trinajstić information content (AvgIpc) is 2.66. The zero-order chi connectivity index (χ0) is 19.4. The summed E-state index contributed by atoms with van der Waals surface area (Å²) in [5, 5.41) is 3.17. The van der Waals surface area contributed by atoms with Crippen molar-refractivity contribution in [2.24, 2.45) is 0 Å². The van der Waals surface area contributed by atoms with E-state index in [9.17, 15) is 14.4 Å². The lowest BCUT2D eigenvalue weighted by Crippen LogP contribution is -2.43. The molecule has 1 N–H and O–H groups in total. The van der Waals surface area contributed by atoms with Crippen LogP contribution in [0, 0.1) is 0 Å². The summed E-state index contributed by atoms with van der Waals surface area (Å²) in [6.45, 7) is 0.993. The molecule has 0 saturated heterocycles. The number of rotatable bonds is 5. The predicted molar refractivity (Wildman–Crippen MR) is 99.9 cm³/mol. The van der Waals surface area contributed by atoms with Crippen molar-refractivity contribution in [1.82, 2.24) is 0 Å². The van der Waals surface area contributed by atoms with Crippen molar-refractivity contribution < 1.29 is 23.9 Å². The second-order valence-electron chi connectivity index (χ2n) is 5.86. The van der Waals surface area contributed by atoms with E-state index in [1.165, 1.54) is 11.8 Å². The molecule has 0 aliphatic carbocycles. The van der Waals surface area contributed by atoms with E-state index in [1.54, 1.807) is 48.5 Å². The first-order valence-corrected chi connectivity index (χ1v) is 8.60. The Morgan fingerprint density at radius 2 is 1.93 bits per heavy atom. The molecule has 140 valence electrons. The Labute approximate surface area is 160 Å². The predicted octanol–water partition coefficient (Wildman–Crippen LogP) is 2.64. The zero-order valence-corrected chi connectivity index (χ0v) is 15.2. The van der Waals surface area contributed by atoms with Gasteiger partial charge in [0.1, 0.15) is 12.3 Å². The summed E-state index contributed by atoms with van der Waals surface area (Å²) >= 11 is 5.80. The highest BCUT2D eigenvalue weighted by Crippen LogP contribution is 2.31. The van der Waals surface area contributed by atoms with Crippen LogP contribution in [0.4, 0.5) is 11.4 Å². The molecule has 0 spiro atoms. The van der Waals surface area contributed by atoms with Gasteiger partial charge in [-0.05, 0) is 43.3 Å². The summed E-state index contributed by atoms with van der Waals surface area (Å²) in [5.74, 6) is -1.03. The van der Waals surface area contributed by atoms with E-state index in [1.807, 2.05) is 0 Å². The van der Waals surface area contributed by atoms with E-state index < -0.39 is 18.0 Å². The largest absolute Gasteiger partial charge is 0.482 e. The van der Waals surface area contributed by atoms with Gasteiger partial charge < -0.3 is 14.8 Å². The fourth-order valence-corrected chi connectivity index (χ4v) is 2.65. The number of carbonyl (C=O) groups is 3. The molecule has 2 aromatic carbocycles. The van der Waals surface area contributed by atoms with Gasteiger partial charge in [-0.1, -0.05) is 23.7 Å². The molecule has 1 aliphatic heterocycles. The molecule has 1 heterocycles. The zero-order valence-electron chi connectivity index (χ0n) is 14.5. The minimum Gasteiger partial charge on any atom is -0.482 e. The molecule has 1 unspecified atom stereocenters. The highest BCUT2D eigenvalue weighted by atomic mass is 35.5. The van der Waals surface area contributed by atoms with Crippen LogP contribution in [0.15, 0.2) is 48.5 Å². The summed E-state index contributed by atoms with van der Waals surface area (Å²) in [5.41, 5.74) is 1.02. The van der Waals surface area contributed by atoms with Gasteiger partial charge in [-0.25, -0.2) is 0 Å². The first-order chi connectivity index (χ1) is 12.9. The first kappa shape index (κ1) is 18.7. The average molecular weight is 389 g/mol. The maximum atomic E-state index is 12.2. The van der Waals surface area contributed by atoms with Crippen LogP contribution in [0.1, 0.15) is 6.92 Å². The van der Waals surface area contributed by atoms with Crippen LogP contribution in [0.2, 0.25) is 5.02 Å². The van der Waals surface area contributed by atoms with Gasteiger partial charge in [0.25, 0.3) is 11.8 Å². The fraction of sp³-hybridized carbons (Fsp3) is 0.211. The minimum atomic E-state index is -1.03. The SMILES string of the molecule is CC(OC(=O)CN1C(=O)COc2ccccc21)C(=O)Nc1ccc(Cl)cc1. The van der Waals surface area contributed by atoms with Crippen molar-refractivity contribution in [2.75, 3.05) is 23.4 Å². The summed E-state index contributed by atoms with van der Waals surface area (Å²) in [7, 11) is 0. The lowest BCUT2D eigenvalue weighted by Gasteiger charge is -2.28. The fourth-order valence-electron chi connectivity index (χ4n) is 2.52. The molecule has 7 nitrogen and oxygen atoms in total. The van der Waals surface area contributed by atoms with Gasteiger partial charge in [0, 0.05) is 10.7 Å². The topological polar surface area (TPSA) is 84.9 Å². The van der Waals surface area contributed by atoms with E-state index in [-0.39, 0.29) is 19.1 Å². The van der Waals surface area contributed by atoms with Gasteiger partial charge in [0.05, 0.1) is 5.69 Å². The third-order valence-electron chi connectivity index (χ3n) is 3.88. The molecular formula is C19H17ClN2O5. The van der Waals surface area contributed by atoms with Crippen molar-refractivity contribution in [2.45, 2.75) is 13.0 Å². The number of para-hydroxylation sites is 2. The Balaban J connectivity index is 1.59. The number of amides is 2. The molecule has 1 atom stereocenters. The van der Waals surface area contributed by atoms with Crippen LogP contribution in [-0.4, -0.2) is 37.0 Å². The van der Waals surface area contributed by atoms with Crippen LogP contribution in [0.3, 0.4) is 0 Å². The van der Waals surface area contributed by atoms with E-state index >= 15 is 0 Å². The molecule has 1 aliphatic rings. The number of nitrogens with zero attached hydrogens (tertiary/aromatic N) is 1. The third-order valence-corrected chi connectivity index (χ3v) is 4.14. The second kappa shape index (κ2) is 8.09. The number of hydrogen-bond donors (Lipinski definition) is 1. The second-order valence-corrected chi connectivity index (χ2v) is 6.30. The van der Waals surface area contributed by atoms with E-state index in [2.05, 4.69) is 5.32 Å². The van der Waals surface area contributed by atoms with Gasteiger partial charge in [0.2, 0.25) is 0 Å². The van der Waals surface area contributed by atoms with Crippen molar-refractivity contribution in [1.29, 1.82) is 0 Å². The summed E-state index contributed by atoms with van der Waals surface area (Å²) in [4.78, 5) is 37.8. The van der Waals surface area contributed by atoms with Gasteiger partial charge in [0.15, 0.2) is 12.7 Å². The summed E-state index contributed by atoms with van der Waals surface area (Å²) in [6.07, 6.45) is -1.03. The van der Waals surface area contributed by atoms with Crippen molar-refractivity contribution in [3.63, 3.8) is 0 Å². The lowest BCUT2D eigenvalue weighted by atomic mass is 10.2. The Morgan fingerprint density at radius 3 is 2.67 bits per heavy atom. The van der Waals surface area contributed by atoms with E-state index in [0.29, 0.717) is 22.1 Å². The van der Waals surface area contributed by atoms with Crippen molar-refractivity contribution >= 4 is 40.8 Å². The standard InChI is InChI=1S/C19H17ClN2O5/c1-12(19(25)21-14-8-6-13(20)7-9-14)27-18(24)10-22-15-4-2-3-5-16(15)26-11-17(22)23/h2-9,12H,10-11H2,1H3,(H,21,25). The number of halogens is 1. The molecule has 0 saturated carbocycles. The maximum absolute atomic E-state index is 12.2. The normalized spacial score (nSPS) is 14.0. The Bertz CT molecular complexity index is 869. The van der Waals surface area contributed by atoms with Crippen LogP contribution >= 0.6 is 11.6 Å². The molecule has 0 fully saturated rings. The number of nitrogens with one attached hydrogen (secondary N) is 1. The number of benzene rings is 2. The highest BCUT2D eigenvalue weighted by molar-refractivity contribution is 6.30. The maximum Gasteiger partial charge on any atom is 0.326 e. The molecule has 0 aromatic heterocycles. The first-order valence-electron chi connectivity index (χ1n) is 8.22. The summed E-state index contributed by atoms with van der Waals surface area (Å²) in [6, 6.07) is 13.4. The number of ether oxygens (including phenoxy) is 2. The van der Waals surface area contributed by atoms with Crippen LogP contribution in [-0.2, 0) is 19.1 Å². The van der Waals surface area contributed by atoms with E-state index in [0.717, 1.165) is 0 Å². The molecule has 2 aromatic rings. The van der Waals surface area contributed by atoms with Gasteiger partial charge in [-0.2, -0.15) is 0 Å². The van der Waals surface area contributed by atoms with Gasteiger partial charge in [-0.3, -0.25) is 19.3 Å². The van der Waals surface area contributed by atoms with Crippen LogP contribution in [0.5, 0.6) is 5.75 Å². The van der Waals surface area contributed by atoms with E-state index in [4.69, 9.17) is 21.1 Å². The Hall–Kier alpha value is -3.06. The number of anilines is 2. The van der Waals surface area contributed by atoms with Crippen molar-refractivity contribution in [3.8, 4) is 5.75 Å². The highest BCUT2D eigenvalue weighted by Gasteiger charge is 2.28. The Morgan fingerprint density at radius 1 is 1.22 bits per heavy atom. The quantitative estimate of drug-likeness (QED) is 0.796. The molecule has 27 heavy (non-hydrogen) atoms. The third kappa shape index (κ3) is 4.57. The van der Waals surface area contributed by atoms with Gasteiger partial charge >= 0.3 is 5.97 Å². The summed E-state index contributed by atoms with van der Waals surface area (Å²) < 4.78 is 10.5. The molecule has 8 heteroatoms. The molecule has 2 amide bonds. The molecule has 3 rings (SSSR count). The molecule has 0 radical (unpaired) electrons. The van der Waals surface area contributed by atoms with Crippen LogP contribution < -0.4 is 15.0 Å². The smallest absolute Gasteiger partial charge is 0.326 e. The Kier molecular flexibility index (Phi) is 5.61. The number of hydrogen-bond acceptors (Lipinski definition) is 5. The van der Waals surface area contributed by atoms with Crippen molar-refractivity contribution in [3.05, 3.63) is 53.6 Å². The number of fused-ring (bicyclic) bond motifs is 1. The lowest BCUT2D eigenvalue weighted by molar-refractivity contribution is -0.152. The van der Waals surface area contributed by atoms with Crippen LogP contribution in [0.25, 0.3) is 0 Å². The number of esters is 1. The minimum absolute atomic E-state index is 0.156. The van der Waals surface area contributed by atoms with Gasteiger partial charge in [-0.15, -0.1) is 0 Å². The monoisotopic (exact) mass is 388 g/mol. The molecular weight excluding hydrogens is 372 g/mol. The number of carbonyl (C=O) groups excluding carboxylic acids is 3. The molecule has 0 bridgehead atoms.